The average Bonchev–Trinajstić information content (AvgIpc) is 3.19. The number of piperidine rings is 1. The standard InChI is InChI=1S/C21H22N4O2S/c1-14-6-10-22-18(12-14)27-16-5-4-15(2)25(13-16)21(26)17-7-11-28-19(17)20-23-8-3-9-24-20/h3,6-12,15-16H,4-5,13H2,1-2H3/t15-,16-/m1/s1. The van der Waals surface area contributed by atoms with Crippen molar-refractivity contribution >= 4 is 17.2 Å². The number of carbonyl (C=O) groups excluding carboxylic acids is 1. The highest BCUT2D eigenvalue weighted by Gasteiger charge is 2.32. The van der Waals surface area contributed by atoms with Crippen molar-refractivity contribution in [2.45, 2.75) is 38.8 Å². The van der Waals surface area contributed by atoms with E-state index in [1.54, 1.807) is 24.7 Å². The van der Waals surface area contributed by atoms with Gasteiger partial charge in [0.15, 0.2) is 5.82 Å². The van der Waals surface area contributed by atoms with E-state index < -0.39 is 0 Å². The summed E-state index contributed by atoms with van der Waals surface area (Å²) >= 11 is 1.49. The number of ether oxygens (including phenoxy) is 1. The van der Waals surface area contributed by atoms with Gasteiger partial charge in [0.05, 0.1) is 17.0 Å². The van der Waals surface area contributed by atoms with Gasteiger partial charge in [0.25, 0.3) is 5.91 Å². The number of thiophene rings is 1. The molecule has 3 aromatic rings. The molecule has 0 unspecified atom stereocenters. The fraction of sp³-hybridized carbons (Fsp3) is 0.333. The van der Waals surface area contributed by atoms with Crippen molar-refractivity contribution in [3.63, 3.8) is 0 Å². The summed E-state index contributed by atoms with van der Waals surface area (Å²) in [6.07, 6.45) is 6.86. The van der Waals surface area contributed by atoms with Crippen LogP contribution in [0.15, 0.2) is 48.2 Å². The molecule has 0 saturated carbocycles. The molecule has 6 nitrogen and oxygen atoms in total. The molecule has 4 heterocycles. The summed E-state index contributed by atoms with van der Waals surface area (Å²) in [6, 6.07) is 7.65. The lowest BCUT2D eigenvalue weighted by molar-refractivity contribution is 0.0373. The first-order valence-corrected chi connectivity index (χ1v) is 10.2. The van der Waals surface area contributed by atoms with E-state index in [-0.39, 0.29) is 18.1 Å². The van der Waals surface area contributed by atoms with Gasteiger partial charge < -0.3 is 9.64 Å². The SMILES string of the molecule is Cc1ccnc(O[C@@H]2CC[C@@H](C)N(C(=O)c3ccsc3-c3ncccn3)C2)c1. The van der Waals surface area contributed by atoms with Gasteiger partial charge in [0.2, 0.25) is 5.88 Å². The van der Waals surface area contributed by atoms with Gasteiger partial charge in [-0.3, -0.25) is 4.79 Å². The molecule has 1 aliphatic heterocycles. The van der Waals surface area contributed by atoms with Crippen LogP contribution in [0.1, 0.15) is 35.7 Å². The molecule has 1 fully saturated rings. The number of amides is 1. The van der Waals surface area contributed by atoms with Gasteiger partial charge in [-0.05, 0) is 55.8 Å². The second kappa shape index (κ2) is 8.06. The Morgan fingerprint density at radius 3 is 2.79 bits per heavy atom. The third-order valence-electron chi connectivity index (χ3n) is 4.94. The van der Waals surface area contributed by atoms with Gasteiger partial charge in [0.1, 0.15) is 6.10 Å². The fourth-order valence-corrected chi connectivity index (χ4v) is 4.25. The van der Waals surface area contributed by atoms with Crippen molar-refractivity contribution in [2.24, 2.45) is 0 Å². The largest absolute Gasteiger partial charge is 0.472 e. The van der Waals surface area contributed by atoms with Gasteiger partial charge in [-0.2, -0.15) is 0 Å². The predicted molar refractivity (Wildman–Crippen MR) is 108 cm³/mol. The normalized spacial score (nSPS) is 19.4. The second-order valence-electron chi connectivity index (χ2n) is 7.03. The Balaban J connectivity index is 1.53. The minimum absolute atomic E-state index is 0.00158. The number of hydrogen-bond acceptors (Lipinski definition) is 6. The van der Waals surface area contributed by atoms with E-state index in [9.17, 15) is 4.79 Å². The lowest BCUT2D eigenvalue weighted by atomic mass is 10.00. The Hall–Kier alpha value is -2.80. The van der Waals surface area contributed by atoms with E-state index in [4.69, 9.17) is 4.74 Å². The van der Waals surface area contributed by atoms with E-state index in [1.165, 1.54) is 11.3 Å². The maximum Gasteiger partial charge on any atom is 0.255 e. The van der Waals surface area contributed by atoms with Gasteiger partial charge in [-0.25, -0.2) is 15.0 Å². The molecule has 0 radical (unpaired) electrons. The van der Waals surface area contributed by atoms with Crippen LogP contribution in [0.3, 0.4) is 0 Å². The summed E-state index contributed by atoms with van der Waals surface area (Å²) in [6.45, 7) is 4.64. The third-order valence-corrected chi connectivity index (χ3v) is 5.85. The maximum atomic E-state index is 13.3. The number of aromatic nitrogens is 3. The van der Waals surface area contributed by atoms with Crippen molar-refractivity contribution in [2.75, 3.05) is 6.54 Å². The number of rotatable bonds is 4. The third kappa shape index (κ3) is 3.89. The van der Waals surface area contributed by atoms with Gasteiger partial charge >= 0.3 is 0 Å². The van der Waals surface area contributed by atoms with Crippen molar-refractivity contribution in [1.29, 1.82) is 0 Å². The summed E-state index contributed by atoms with van der Waals surface area (Å²) < 4.78 is 6.07. The molecule has 2 atom stereocenters. The first kappa shape index (κ1) is 18.6. The van der Waals surface area contributed by atoms with Crippen molar-refractivity contribution in [3.05, 3.63) is 59.4 Å². The topological polar surface area (TPSA) is 68.2 Å². The number of pyridine rings is 1. The minimum atomic E-state index is -0.0653. The Kier molecular flexibility index (Phi) is 5.34. The predicted octanol–water partition coefficient (Wildman–Crippen LogP) is 3.98. The van der Waals surface area contributed by atoms with Crippen LogP contribution < -0.4 is 4.74 Å². The molecule has 28 heavy (non-hydrogen) atoms. The van der Waals surface area contributed by atoms with Crippen molar-refractivity contribution < 1.29 is 9.53 Å². The van der Waals surface area contributed by atoms with Crippen LogP contribution in [0, 0.1) is 6.92 Å². The summed E-state index contributed by atoms with van der Waals surface area (Å²) in [5.74, 6) is 1.20. The monoisotopic (exact) mass is 394 g/mol. The average molecular weight is 395 g/mol. The van der Waals surface area contributed by atoms with E-state index >= 15 is 0 Å². The molecule has 4 rings (SSSR count). The van der Waals surface area contributed by atoms with Crippen molar-refractivity contribution in [1.82, 2.24) is 19.9 Å². The van der Waals surface area contributed by atoms with Crippen LogP contribution in [0.2, 0.25) is 0 Å². The molecule has 1 saturated heterocycles. The Morgan fingerprint density at radius 1 is 1.18 bits per heavy atom. The lowest BCUT2D eigenvalue weighted by Crippen LogP contribution is -2.49. The summed E-state index contributed by atoms with van der Waals surface area (Å²) in [7, 11) is 0. The van der Waals surface area contributed by atoms with E-state index in [0.29, 0.717) is 23.8 Å². The number of hydrogen-bond donors (Lipinski definition) is 0. The van der Waals surface area contributed by atoms with Crippen LogP contribution in [0.25, 0.3) is 10.7 Å². The Labute approximate surface area is 168 Å². The zero-order valence-electron chi connectivity index (χ0n) is 15.9. The summed E-state index contributed by atoms with van der Waals surface area (Å²) in [5.41, 5.74) is 1.75. The zero-order valence-corrected chi connectivity index (χ0v) is 16.7. The van der Waals surface area contributed by atoms with Gasteiger partial charge in [0, 0.05) is 30.7 Å². The van der Waals surface area contributed by atoms with Crippen LogP contribution in [-0.2, 0) is 0 Å². The van der Waals surface area contributed by atoms with E-state index in [0.717, 1.165) is 23.3 Å². The lowest BCUT2D eigenvalue weighted by Gasteiger charge is -2.37. The summed E-state index contributed by atoms with van der Waals surface area (Å²) in [5, 5.41) is 1.91. The number of aryl methyl sites for hydroxylation is 1. The molecule has 144 valence electrons. The van der Waals surface area contributed by atoms with Gasteiger partial charge in [-0.15, -0.1) is 11.3 Å². The Morgan fingerprint density at radius 2 is 2.00 bits per heavy atom. The van der Waals surface area contributed by atoms with Crippen LogP contribution in [0.5, 0.6) is 5.88 Å². The van der Waals surface area contributed by atoms with Crippen LogP contribution in [-0.4, -0.2) is 44.4 Å². The molecule has 0 aliphatic carbocycles. The summed E-state index contributed by atoms with van der Waals surface area (Å²) in [4.78, 5) is 28.9. The quantitative estimate of drug-likeness (QED) is 0.669. The first-order chi connectivity index (χ1) is 13.6. The molecular formula is C21H22N4O2S. The molecular weight excluding hydrogens is 372 g/mol. The van der Waals surface area contributed by atoms with Crippen LogP contribution in [0.4, 0.5) is 0 Å². The van der Waals surface area contributed by atoms with E-state index in [2.05, 4.69) is 21.9 Å². The number of nitrogens with zero attached hydrogens (tertiary/aromatic N) is 4. The molecule has 0 N–H and O–H groups in total. The molecule has 0 bridgehead atoms. The number of carbonyl (C=O) groups is 1. The highest BCUT2D eigenvalue weighted by atomic mass is 32.1. The number of likely N-dealkylation sites (tertiary alicyclic amines) is 1. The van der Waals surface area contributed by atoms with Crippen LogP contribution >= 0.6 is 11.3 Å². The Bertz CT molecular complexity index is 960. The van der Waals surface area contributed by atoms with E-state index in [1.807, 2.05) is 35.4 Å². The fourth-order valence-electron chi connectivity index (χ4n) is 3.42. The highest BCUT2D eigenvalue weighted by molar-refractivity contribution is 7.14. The smallest absolute Gasteiger partial charge is 0.255 e. The molecule has 1 amide bonds. The zero-order chi connectivity index (χ0) is 19.5. The van der Waals surface area contributed by atoms with Crippen molar-refractivity contribution in [3.8, 4) is 16.6 Å². The van der Waals surface area contributed by atoms with Gasteiger partial charge in [-0.1, -0.05) is 0 Å². The maximum absolute atomic E-state index is 13.3. The molecule has 1 aliphatic rings. The molecule has 0 aromatic carbocycles. The highest BCUT2D eigenvalue weighted by Crippen LogP contribution is 2.30. The minimum Gasteiger partial charge on any atom is -0.472 e. The molecule has 3 aromatic heterocycles. The molecule has 0 spiro atoms. The first-order valence-electron chi connectivity index (χ1n) is 9.37. The molecule has 7 heteroatoms. The second-order valence-corrected chi connectivity index (χ2v) is 7.95.